The van der Waals surface area contributed by atoms with Gasteiger partial charge in [-0.15, -0.1) is 0 Å². The standard InChI is InChI=1S/C75H122O6/c1-4-7-10-13-16-19-22-24-26-28-30-31-32-33-34-35-36-37-38-39-40-41-42-43-45-46-48-50-53-56-59-62-65-68-74(77)80-71-72(70-79-73(76)67-64-61-58-55-52-21-18-15-12-9-6-3)81-75(78)69-66-63-60-57-54-51-49-47-44-29-27-25-23-20-17-14-11-8-5-2/h7-8,10-11,15-20,24-27,30-31,33-34,36-37,39-40,44,47,72H,4-6,9,12-14,21-23,28-29,32,35,38,41-43,45-46,48-71H2,1-3H3/b10-7-,11-8-,18-15-,19-16-,20-17-,26-24-,27-25-,31-30-,34-33-,37-36-,40-39-,47-44-. The summed E-state index contributed by atoms with van der Waals surface area (Å²) in [5.74, 6) is -0.917. The third-order valence-corrected chi connectivity index (χ3v) is 13.8. The minimum Gasteiger partial charge on any atom is -0.462 e. The van der Waals surface area contributed by atoms with Crippen LogP contribution in [0.15, 0.2) is 146 Å². The van der Waals surface area contributed by atoms with Crippen molar-refractivity contribution < 1.29 is 28.6 Å². The normalized spacial score (nSPS) is 13.1. The van der Waals surface area contributed by atoms with Crippen LogP contribution in [0.25, 0.3) is 0 Å². The molecule has 0 N–H and O–H groups in total. The van der Waals surface area contributed by atoms with Gasteiger partial charge in [0.05, 0.1) is 0 Å². The molecule has 1 atom stereocenters. The summed E-state index contributed by atoms with van der Waals surface area (Å²) in [6, 6.07) is 0. The molecular weight excluding hydrogens is 997 g/mol. The Hall–Kier alpha value is -4.71. The molecule has 6 heteroatoms. The summed E-state index contributed by atoms with van der Waals surface area (Å²) < 4.78 is 16.9. The molecule has 0 amide bonds. The zero-order chi connectivity index (χ0) is 58.5. The van der Waals surface area contributed by atoms with Crippen LogP contribution < -0.4 is 0 Å². The molecule has 458 valence electrons. The van der Waals surface area contributed by atoms with Crippen LogP contribution in [-0.2, 0) is 28.6 Å². The number of allylic oxidation sites excluding steroid dienone is 24. The van der Waals surface area contributed by atoms with Crippen LogP contribution >= 0.6 is 0 Å². The van der Waals surface area contributed by atoms with Crippen LogP contribution in [0, 0.1) is 0 Å². The molecule has 0 rings (SSSR count). The van der Waals surface area contributed by atoms with Crippen molar-refractivity contribution in [2.75, 3.05) is 13.2 Å². The molecule has 0 spiro atoms. The first-order valence-electron chi connectivity index (χ1n) is 33.3. The number of hydrogen-bond acceptors (Lipinski definition) is 6. The van der Waals surface area contributed by atoms with Gasteiger partial charge in [0.25, 0.3) is 0 Å². The quantitative estimate of drug-likeness (QED) is 0.0261. The molecule has 0 aliphatic rings. The Balaban J connectivity index is 4.25. The highest BCUT2D eigenvalue weighted by atomic mass is 16.6. The second-order valence-corrected chi connectivity index (χ2v) is 21.6. The van der Waals surface area contributed by atoms with E-state index in [9.17, 15) is 14.4 Å². The fourth-order valence-corrected chi connectivity index (χ4v) is 8.87. The first kappa shape index (κ1) is 76.3. The zero-order valence-electron chi connectivity index (χ0n) is 52.5. The van der Waals surface area contributed by atoms with Crippen molar-refractivity contribution in [3.63, 3.8) is 0 Å². The molecule has 0 bridgehead atoms. The second-order valence-electron chi connectivity index (χ2n) is 21.6. The van der Waals surface area contributed by atoms with Crippen molar-refractivity contribution >= 4 is 17.9 Å². The van der Waals surface area contributed by atoms with E-state index in [-0.39, 0.29) is 31.1 Å². The molecule has 1 unspecified atom stereocenters. The van der Waals surface area contributed by atoms with Crippen LogP contribution in [0.1, 0.15) is 290 Å². The van der Waals surface area contributed by atoms with Crippen molar-refractivity contribution in [1.82, 2.24) is 0 Å². The largest absolute Gasteiger partial charge is 0.462 e. The SMILES string of the molecule is CC/C=C\C/C=C\C/C=C\C/C=C\C/C=C\C/C=C\C/C=C\CCCCCCCCCCCCCC(=O)OCC(COC(=O)CCCCCCC/C=C\CCCC)OC(=O)CCCCCCCC/C=C\C/C=C\C/C=C\C/C=C\CC. The Kier molecular flexibility index (Phi) is 63.9. The third-order valence-electron chi connectivity index (χ3n) is 13.8. The number of unbranched alkanes of at least 4 members (excludes halogenated alkanes) is 24. The molecule has 0 aromatic carbocycles. The lowest BCUT2D eigenvalue weighted by atomic mass is 10.0. The monoisotopic (exact) mass is 1120 g/mol. The average molecular weight is 1120 g/mol. The van der Waals surface area contributed by atoms with Crippen LogP contribution in [0.2, 0.25) is 0 Å². The van der Waals surface area contributed by atoms with Crippen LogP contribution in [-0.4, -0.2) is 37.2 Å². The first-order chi connectivity index (χ1) is 40.0. The summed E-state index contributed by atoms with van der Waals surface area (Å²) in [4.78, 5) is 38.3. The number of carbonyl (C=O) groups is 3. The molecule has 0 aliphatic carbocycles. The summed E-state index contributed by atoms with van der Waals surface area (Å²) in [6.07, 6.45) is 97.2. The topological polar surface area (TPSA) is 78.9 Å². The van der Waals surface area contributed by atoms with Gasteiger partial charge in [0, 0.05) is 19.3 Å². The fraction of sp³-hybridized carbons (Fsp3) is 0.640. The second kappa shape index (κ2) is 67.8. The Morgan fingerprint density at radius 1 is 0.259 bits per heavy atom. The van der Waals surface area contributed by atoms with Gasteiger partial charge in [-0.2, -0.15) is 0 Å². The maximum Gasteiger partial charge on any atom is 0.306 e. The van der Waals surface area contributed by atoms with E-state index >= 15 is 0 Å². The van der Waals surface area contributed by atoms with E-state index in [0.29, 0.717) is 19.3 Å². The minimum absolute atomic E-state index is 0.0915. The van der Waals surface area contributed by atoms with E-state index in [1.165, 1.54) is 96.3 Å². The predicted molar refractivity (Wildman–Crippen MR) is 352 cm³/mol. The van der Waals surface area contributed by atoms with Crippen molar-refractivity contribution in [1.29, 1.82) is 0 Å². The van der Waals surface area contributed by atoms with E-state index < -0.39 is 6.10 Å². The Morgan fingerprint density at radius 2 is 0.481 bits per heavy atom. The summed E-state index contributed by atoms with van der Waals surface area (Å²) in [7, 11) is 0. The van der Waals surface area contributed by atoms with Gasteiger partial charge in [0.2, 0.25) is 0 Å². The van der Waals surface area contributed by atoms with E-state index in [2.05, 4.69) is 167 Å². The molecule has 6 nitrogen and oxygen atoms in total. The molecule has 0 fully saturated rings. The van der Waals surface area contributed by atoms with Crippen molar-refractivity contribution in [2.24, 2.45) is 0 Å². The first-order valence-corrected chi connectivity index (χ1v) is 33.3. The molecule has 0 aromatic heterocycles. The molecule has 0 saturated carbocycles. The Bertz CT molecular complexity index is 1760. The number of rotatable bonds is 59. The Morgan fingerprint density at radius 3 is 0.765 bits per heavy atom. The number of hydrogen-bond donors (Lipinski definition) is 0. The lowest BCUT2D eigenvalue weighted by Gasteiger charge is -2.18. The van der Waals surface area contributed by atoms with Crippen molar-refractivity contribution in [3.8, 4) is 0 Å². The van der Waals surface area contributed by atoms with Gasteiger partial charge < -0.3 is 14.2 Å². The summed E-state index contributed by atoms with van der Waals surface area (Å²) in [5, 5.41) is 0. The maximum absolute atomic E-state index is 12.9. The van der Waals surface area contributed by atoms with Crippen LogP contribution in [0.4, 0.5) is 0 Å². The van der Waals surface area contributed by atoms with Gasteiger partial charge in [-0.3, -0.25) is 14.4 Å². The predicted octanol–water partition coefficient (Wildman–Crippen LogP) is 23.1. The molecular formula is C75H122O6. The highest BCUT2D eigenvalue weighted by Crippen LogP contribution is 2.15. The van der Waals surface area contributed by atoms with Gasteiger partial charge >= 0.3 is 17.9 Å². The van der Waals surface area contributed by atoms with Crippen molar-refractivity contribution in [3.05, 3.63) is 146 Å². The van der Waals surface area contributed by atoms with Crippen molar-refractivity contribution in [2.45, 2.75) is 297 Å². The number of ether oxygens (including phenoxy) is 3. The Labute approximate surface area is 499 Å². The summed E-state index contributed by atoms with van der Waals surface area (Å²) >= 11 is 0. The van der Waals surface area contributed by atoms with Gasteiger partial charge in [0.1, 0.15) is 13.2 Å². The minimum atomic E-state index is -0.796. The number of esters is 3. The molecule has 0 aromatic rings. The highest BCUT2D eigenvalue weighted by Gasteiger charge is 2.19. The number of carbonyl (C=O) groups excluding carboxylic acids is 3. The lowest BCUT2D eigenvalue weighted by molar-refractivity contribution is -0.167. The molecule has 0 radical (unpaired) electrons. The molecule has 0 saturated heterocycles. The zero-order valence-corrected chi connectivity index (χ0v) is 52.5. The summed E-state index contributed by atoms with van der Waals surface area (Å²) in [6.45, 7) is 6.36. The summed E-state index contributed by atoms with van der Waals surface area (Å²) in [5.41, 5.74) is 0. The maximum atomic E-state index is 12.9. The average Bonchev–Trinajstić information content (AvgIpc) is 3.47. The van der Waals surface area contributed by atoms with Crippen LogP contribution in [0.5, 0.6) is 0 Å². The van der Waals surface area contributed by atoms with Crippen LogP contribution in [0.3, 0.4) is 0 Å². The fourth-order valence-electron chi connectivity index (χ4n) is 8.87. The van der Waals surface area contributed by atoms with E-state index in [1.54, 1.807) is 0 Å². The lowest BCUT2D eigenvalue weighted by Crippen LogP contribution is -2.30. The van der Waals surface area contributed by atoms with Gasteiger partial charge in [-0.1, -0.05) is 282 Å². The third kappa shape index (κ3) is 66.0. The molecule has 0 heterocycles. The highest BCUT2D eigenvalue weighted by molar-refractivity contribution is 5.71. The van der Waals surface area contributed by atoms with Gasteiger partial charge in [-0.25, -0.2) is 0 Å². The van der Waals surface area contributed by atoms with E-state index in [1.807, 2.05) is 0 Å². The van der Waals surface area contributed by atoms with E-state index in [4.69, 9.17) is 14.2 Å². The van der Waals surface area contributed by atoms with Gasteiger partial charge in [-0.05, 0) is 135 Å². The molecule has 81 heavy (non-hydrogen) atoms. The van der Waals surface area contributed by atoms with Gasteiger partial charge in [0.15, 0.2) is 6.10 Å². The van der Waals surface area contributed by atoms with E-state index in [0.717, 1.165) is 154 Å². The molecule has 0 aliphatic heterocycles. The smallest absolute Gasteiger partial charge is 0.306 e.